The highest BCUT2D eigenvalue weighted by molar-refractivity contribution is 5.90. The molecule has 2 aromatic carbocycles. The van der Waals surface area contributed by atoms with Gasteiger partial charge in [-0.3, -0.25) is 9.69 Å². The molecule has 0 radical (unpaired) electrons. The zero-order valence-corrected chi connectivity index (χ0v) is 15.3. The smallest absolute Gasteiger partial charge is 0.414 e. The van der Waals surface area contributed by atoms with Crippen molar-refractivity contribution in [3.8, 4) is 0 Å². The first-order chi connectivity index (χ1) is 12.8. The van der Waals surface area contributed by atoms with Crippen LogP contribution in [0.25, 0.3) is 0 Å². The molecule has 1 atom stereocenters. The minimum Gasteiger partial charge on any atom is -0.444 e. The van der Waals surface area contributed by atoms with Crippen LogP contribution >= 0.6 is 0 Å². The molecule has 3 rings (SSSR count). The van der Waals surface area contributed by atoms with E-state index in [9.17, 15) is 18.4 Å². The summed E-state index contributed by atoms with van der Waals surface area (Å²) in [6.45, 7) is 5.80. The van der Waals surface area contributed by atoms with Gasteiger partial charge in [-0.1, -0.05) is 26.0 Å². The highest BCUT2D eigenvalue weighted by Crippen LogP contribution is 2.30. The zero-order chi connectivity index (χ0) is 19.7. The van der Waals surface area contributed by atoms with Crippen LogP contribution in [0.15, 0.2) is 41.2 Å². The largest absolute Gasteiger partial charge is 0.444 e. The van der Waals surface area contributed by atoms with E-state index in [1.54, 1.807) is 19.1 Å². The van der Waals surface area contributed by atoms with E-state index in [1.807, 2.05) is 13.8 Å². The summed E-state index contributed by atoms with van der Waals surface area (Å²) in [7, 11) is 0. The quantitative estimate of drug-likeness (QED) is 0.854. The summed E-state index contributed by atoms with van der Waals surface area (Å²) in [6.07, 6.45) is -1.01. The second-order valence-electron chi connectivity index (χ2n) is 6.82. The summed E-state index contributed by atoms with van der Waals surface area (Å²) in [4.78, 5) is 25.3. The van der Waals surface area contributed by atoms with Crippen molar-refractivity contribution in [1.82, 2.24) is 0 Å². The van der Waals surface area contributed by atoms with Crippen molar-refractivity contribution >= 4 is 23.2 Å². The fourth-order valence-corrected chi connectivity index (χ4v) is 2.86. The number of cyclic esters (lactones) is 1. The number of benzene rings is 1. The van der Waals surface area contributed by atoms with Crippen molar-refractivity contribution in [1.29, 1.82) is 0 Å². The SMILES string of the molecule is CC(C)c1cccc(Nc2c(F)cc(N3C[C@H](C)OC3=O)cc2F)c(=O)c1. The fourth-order valence-electron chi connectivity index (χ4n) is 2.86. The summed E-state index contributed by atoms with van der Waals surface area (Å²) in [5.41, 5.74) is 0.123. The van der Waals surface area contributed by atoms with Crippen LogP contribution in [0.4, 0.5) is 30.6 Å². The molecule has 0 aliphatic carbocycles. The number of hydrogen-bond donors (Lipinski definition) is 1. The van der Waals surface area contributed by atoms with Crippen LogP contribution in [-0.4, -0.2) is 18.7 Å². The zero-order valence-electron chi connectivity index (χ0n) is 15.3. The topological polar surface area (TPSA) is 58.6 Å². The van der Waals surface area contributed by atoms with E-state index in [1.165, 1.54) is 12.1 Å². The van der Waals surface area contributed by atoms with Gasteiger partial charge in [0, 0.05) is 12.1 Å². The number of rotatable bonds is 4. The molecule has 0 unspecified atom stereocenters. The Morgan fingerprint density at radius 1 is 1.15 bits per heavy atom. The Morgan fingerprint density at radius 3 is 2.37 bits per heavy atom. The normalized spacial score (nSPS) is 16.6. The van der Waals surface area contributed by atoms with Crippen LogP contribution in [-0.2, 0) is 4.74 Å². The lowest BCUT2D eigenvalue weighted by Crippen LogP contribution is -2.24. The number of hydrogen-bond acceptors (Lipinski definition) is 4. The van der Waals surface area contributed by atoms with Gasteiger partial charge in [0.05, 0.1) is 17.9 Å². The first-order valence-electron chi connectivity index (χ1n) is 8.64. The third kappa shape index (κ3) is 3.92. The third-order valence-corrected chi connectivity index (χ3v) is 4.34. The van der Waals surface area contributed by atoms with Gasteiger partial charge in [0.25, 0.3) is 0 Å². The number of anilines is 3. The van der Waals surface area contributed by atoms with Crippen molar-refractivity contribution in [3.63, 3.8) is 0 Å². The average molecular weight is 374 g/mol. The lowest BCUT2D eigenvalue weighted by atomic mass is 10.1. The maximum absolute atomic E-state index is 14.5. The molecule has 1 saturated heterocycles. The molecule has 1 N–H and O–H groups in total. The molecule has 0 bridgehead atoms. The summed E-state index contributed by atoms with van der Waals surface area (Å²) in [6, 6.07) is 8.44. The molecule has 1 fully saturated rings. The lowest BCUT2D eigenvalue weighted by Gasteiger charge is -2.15. The molecule has 5 nitrogen and oxygen atoms in total. The predicted molar refractivity (Wildman–Crippen MR) is 99.7 cm³/mol. The van der Waals surface area contributed by atoms with E-state index in [0.717, 1.165) is 22.6 Å². The number of amides is 1. The van der Waals surface area contributed by atoms with Gasteiger partial charge in [0.2, 0.25) is 5.43 Å². The first-order valence-corrected chi connectivity index (χ1v) is 8.64. The van der Waals surface area contributed by atoms with Crippen LogP contribution in [0.3, 0.4) is 0 Å². The van der Waals surface area contributed by atoms with Crippen molar-refractivity contribution < 1.29 is 18.3 Å². The van der Waals surface area contributed by atoms with E-state index in [2.05, 4.69) is 5.32 Å². The predicted octanol–water partition coefficient (Wildman–Crippen LogP) is 4.54. The fraction of sp³-hybridized carbons (Fsp3) is 0.300. The van der Waals surface area contributed by atoms with Gasteiger partial charge in [0.15, 0.2) is 11.6 Å². The molecular formula is C20H20F2N2O3. The Kier molecular flexibility index (Phi) is 5.12. The maximum Gasteiger partial charge on any atom is 0.414 e. The van der Waals surface area contributed by atoms with E-state index in [0.29, 0.717) is 0 Å². The second kappa shape index (κ2) is 7.34. The van der Waals surface area contributed by atoms with E-state index in [4.69, 9.17) is 4.74 Å². The van der Waals surface area contributed by atoms with Crippen molar-refractivity contribution in [2.24, 2.45) is 0 Å². The van der Waals surface area contributed by atoms with Gasteiger partial charge in [-0.05, 0) is 30.5 Å². The van der Waals surface area contributed by atoms with Gasteiger partial charge < -0.3 is 10.1 Å². The van der Waals surface area contributed by atoms with E-state index >= 15 is 0 Å². The molecule has 1 heterocycles. The van der Waals surface area contributed by atoms with Gasteiger partial charge in [-0.2, -0.15) is 0 Å². The second-order valence-corrected chi connectivity index (χ2v) is 6.82. The highest BCUT2D eigenvalue weighted by Gasteiger charge is 2.30. The Morgan fingerprint density at radius 2 is 1.81 bits per heavy atom. The minimum absolute atomic E-state index is 0.0571. The van der Waals surface area contributed by atoms with Gasteiger partial charge in [0.1, 0.15) is 11.8 Å². The van der Waals surface area contributed by atoms with Crippen molar-refractivity contribution in [2.75, 3.05) is 16.8 Å². The molecule has 0 spiro atoms. The Bertz CT molecular complexity index is 924. The Hall–Kier alpha value is -2.96. The van der Waals surface area contributed by atoms with E-state index in [-0.39, 0.29) is 35.4 Å². The van der Waals surface area contributed by atoms with Gasteiger partial charge in [-0.25, -0.2) is 13.6 Å². The minimum atomic E-state index is -0.910. The van der Waals surface area contributed by atoms with Crippen molar-refractivity contribution in [3.05, 3.63) is 63.8 Å². The van der Waals surface area contributed by atoms with Crippen LogP contribution in [0.1, 0.15) is 32.3 Å². The molecule has 7 heteroatoms. The third-order valence-electron chi connectivity index (χ3n) is 4.34. The number of ether oxygens (including phenoxy) is 1. The summed E-state index contributed by atoms with van der Waals surface area (Å²) in [5, 5.41) is 2.54. The molecule has 2 aromatic rings. The van der Waals surface area contributed by atoms with Gasteiger partial charge in [-0.15, -0.1) is 0 Å². The molecule has 0 saturated carbocycles. The first kappa shape index (κ1) is 18.8. The summed E-state index contributed by atoms with van der Waals surface area (Å²) < 4.78 is 34.0. The summed E-state index contributed by atoms with van der Waals surface area (Å²) in [5.74, 6) is -1.67. The Labute approximate surface area is 155 Å². The van der Waals surface area contributed by atoms with Crippen LogP contribution in [0.2, 0.25) is 0 Å². The highest BCUT2D eigenvalue weighted by atomic mass is 19.1. The monoisotopic (exact) mass is 374 g/mol. The number of carbonyl (C=O) groups excluding carboxylic acids is 1. The number of nitrogens with one attached hydrogen (secondary N) is 1. The number of halogens is 2. The van der Waals surface area contributed by atoms with Crippen molar-refractivity contribution in [2.45, 2.75) is 32.8 Å². The lowest BCUT2D eigenvalue weighted by molar-refractivity contribution is 0.150. The van der Waals surface area contributed by atoms with Crippen LogP contribution in [0.5, 0.6) is 0 Å². The molecule has 142 valence electrons. The number of carbonyl (C=O) groups is 1. The molecule has 0 aromatic heterocycles. The molecule has 1 amide bonds. The summed E-state index contributed by atoms with van der Waals surface area (Å²) >= 11 is 0. The molecule has 1 aliphatic rings. The molecule has 27 heavy (non-hydrogen) atoms. The van der Waals surface area contributed by atoms with Gasteiger partial charge >= 0.3 is 6.09 Å². The molecule has 1 aliphatic heterocycles. The average Bonchev–Trinajstić information content (AvgIpc) is 2.81. The van der Waals surface area contributed by atoms with E-state index < -0.39 is 23.4 Å². The number of nitrogens with zero attached hydrogens (tertiary/aromatic N) is 1. The van der Waals surface area contributed by atoms with Crippen LogP contribution < -0.4 is 15.6 Å². The maximum atomic E-state index is 14.5. The standard InChI is InChI=1S/C20H20F2N2O3/c1-11(2)13-5-4-6-17(18(25)7-13)23-19-15(21)8-14(9-16(19)22)24-10-12(3)27-20(24)26/h4-9,11-12H,10H2,1-3H3,(H,23,25)/t12-/m0/s1. The Balaban J connectivity index is 1.94. The van der Waals surface area contributed by atoms with Crippen LogP contribution in [0, 0.1) is 11.6 Å². The molecular weight excluding hydrogens is 354 g/mol.